The molecule has 4 nitrogen and oxygen atoms in total. The Kier molecular flexibility index (Phi) is 2.83. The molecule has 0 aliphatic carbocycles. The maximum atomic E-state index is 5.96. The van der Waals surface area contributed by atoms with Gasteiger partial charge in [-0.3, -0.25) is 4.90 Å². The Morgan fingerprint density at radius 2 is 1.85 bits per heavy atom. The molecule has 0 spiro atoms. The van der Waals surface area contributed by atoms with Crippen LogP contribution in [0.25, 0.3) is 0 Å². The molecule has 2 N–H and O–H groups in total. The van der Waals surface area contributed by atoms with E-state index in [1.807, 2.05) is 0 Å². The third-order valence-electron chi connectivity index (χ3n) is 3.10. The molecule has 0 aromatic heterocycles. The molecular formula is C9H19N3O. The van der Waals surface area contributed by atoms with Crippen molar-refractivity contribution in [1.29, 1.82) is 0 Å². The average molecular weight is 185 g/mol. The number of rotatable bonds is 1. The van der Waals surface area contributed by atoms with Gasteiger partial charge >= 0.3 is 0 Å². The summed E-state index contributed by atoms with van der Waals surface area (Å²) in [4.78, 5) is 4.83. The highest BCUT2D eigenvalue weighted by molar-refractivity contribution is 4.88. The van der Waals surface area contributed by atoms with Gasteiger partial charge < -0.3 is 15.4 Å². The predicted octanol–water partition coefficient (Wildman–Crippen LogP) is -1.04. The summed E-state index contributed by atoms with van der Waals surface area (Å²) in [6.07, 6.45) is 0. The summed E-state index contributed by atoms with van der Waals surface area (Å²) < 4.78 is 5.37. The van der Waals surface area contributed by atoms with Crippen molar-refractivity contribution in [2.45, 2.75) is 12.1 Å². The molecule has 0 aromatic rings. The van der Waals surface area contributed by atoms with E-state index in [0.717, 1.165) is 39.4 Å². The second-order valence-corrected chi connectivity index (χ2v) is 4.11. The summed E-state index contributed by atoms with van der Waals surface area (Å²) >= 11 is 0. The largest absolute Gasteiger partial charge is 0.378 e. The van der Waals surface area contributed by atoms with E-state index in [2.05, 4.69) is 16.8 Å². The Labute approximate surface area is 79.6 Å². The smallest absolute Gasteiger partial charge is 0.0638 e. The fourth-order valence-corrected chi connectivity index (χ4v) is 2.09. The minimum Gasteiger partial charge on any atom is -0.378 e. The standard InChI is InChI=1S/C9H19N3O/c1-11-2-4-12(5-3-11)9-7-13-6-8(9)10/h8-9H,2-7,10H2,1H3/t8-,9-/m1/s1. The number of piperazine rings is 1. The molecule has 0 amide bonds. The third-order valence-corrected chi connectivity index (χ3v) is 3.10. The molecule has 0 aromatic carbocycles. The molecule has 2 rings (SSSR count). The fourth-order valence-electron chi connectivity index (χ4n) is 2.09. The maximum Gasteiger partial charge on any atom is 0.0638 e. The maximum absolute atomic E-state index is 5.96. The lowest BCUT2D eigenvalue weighted by atomic mass is 10.1. The van der Waals surface area contributed by atoms with Crippen LogP contribution in [0.15, 0.2) is 0 Å². The van der Waals surface area contributed by atoms with Crippen molar-refractivity contribution in [1.82, 2.24) is 9.80 Å². The first kappa shape index (κ1) is 9.40. The first-order valence-corrected chi connectivity index (χ1v) is 5.03. The van der Waals surface area contributed by atoms with Gasteiger partial charge in [-0.15, -0.1) is 0 Å². The molecule has 0 radical (unpaired) electrons. The Morgan fingerprint density at radius 3 is 2.38 bits per heavy atom. The minimum absolute atomic E-state index is 0.225. The molecule has 2 atom stereocenters. The van der Waals surface area contributed by atoms with E-state index in [0.29, 0.717) is 6.04 Å². The van der Waals surface area contributed by atoms with Gasteiger partial charge in [-0.25, -0.2) is 0 Å². The number of likely N-dealkylation sites (N-methyl/N-ethyl adjacent to an activating group) is 1. The molecule has 2 aliphatic rings. The number of hydrogen-bond acceptors (Lipinski definition) is 4. The van der Waals surface area contributed by atoms with Crippen molar-refractivity contribution in [3.05, 3.63) is 0 Å². The lowest BCUT2D eigenvalue weighted by Gasteiger charge is -2.37. The van der Waals surface area contributed by atoms with Crippen LogP contribution in [-0.4, -0.2) is 68.3 Å². The zero-order valence-electron chi connectivity index (χ0n) is 8.28. The van der Waals surface area contributed by atoms with E-state index in [4.69, 9.17) is 10.5 Å². The van der Waals surface area contributed by atoms with Gasteiger partial charge in [0.25, 0.3) is 0 Å². The van der Waals surface area contributed by atoms with Crippen LogP contribution in [0.2, 0.25) is 0 Å². The third kappa shape index (κ3) is 2.02. The molecule has 4 heteroatoms. The normalized spacial score (nSPS) is 38.3. The van der Waals surface area contributed by atoms with Gasteiger partial charge in [-0.1, -0.05) is 0 Å². The van der Waals surface area contributed by atoms with Crippen LogP contribution < -0.4 is 5.73 Å². The van der Waals surface area contributed by atoms with Crippen molar-refractivity contribution in [2.24, 2.45) is 5.73 Å². The van der Waals surface area contributed by atoms with Gasteiger partial charge in [0.2, 0.25) is 0 Å². The van der Waals surface area contributed by atoms with Crippen LogP contribution in [0, 0.1) is 0 Å². The summed E-state index contributed by atoms with van der Waals surface area (Å²) in [7, 11) is 2.17. The van der Waals surface area contributed by atoms with Gasteiger partial charge in [0.15, 0.2) is 0 Å². The molecule has 76 valence electrons. The quantitative estimate of drug-likeness (QED) is 0.566. The van der Waals surface area contributed by atoms with E-state index in [1.54, 1.807) is 0 Å². The van der Waals surface area contributed by atoms with Crippen molar-refractivity contribution in [2.75, 3.05) is 46.4 Å². The molecule has 13 heavy (non-hydrogen) atoms. The second-order valence-electron chi connectivity index (χ2n) is 4.11. The molecule has 0 bridgehead atoms. The molecule has 2 heterocycles. The Bertz CT molecular complexity index is 168. The Morgan fingerprint density at radius 1 is 1.15 bits per heavy atom. The van der Waals surface area contributed by atoms with Gasteiger partial charge in [0.1, 0.15) is 0 Å². The SMILES string of the molecule is CN1CCN([C@@H]2COC[C@H]2N)CC1. The highest BCUT2D eigenvalue weighted by Gasteiger charge is 2.31. The number of nitrogens with two attached hydrogens (primary N) is 1. The number of nitrogens with zero attached hydrogens (tertiary/aromatic N) is 2. The van der Waals surface area contributed by atoms with Crippen LogP contribution in [0.3, 0.4) is 0 Å². The minimum atomic E-state index is 0.225. The monoisotopic (exact) mass is 185 g/mol. The van der Waals surface area contributed by atoms with Gasteiger partial charge in [0, 0.05) is 32.2 Å². The van der Waals surface area contributed by atoms with E-state index in [9.17, 15) is 0 Å². The van der Waals surface area contributed by atoms with Crippen molar-refractivity contribution in [3.8, 4) is 0 Å². The van der Waals surface area contributed by atoms with E-state index >= 15 is 0 Å². The highest BCUT2D eigenvalue weighted by atomic mass is 16.5. The van der Waals surface area contributed by atoms with Crippen LogP contribution >= 0.6 is 0 Å². The molecule has 0 saturated carbocycles. The van der Waals surface area contributed by atoms with Crippen molar-refractivity contribution < 1.29 is 4.74 Å². The lowest BCUT2D eigenvalue weighted by Crippen LogP contribution is -2.54. The summed E-state index contributed by atoms with van der Waals surface area (Å²) in [5, 5.41) is 0. The molecule has 2 saturated heterocycles. The lowest BCUT2D eigenvalue weighted by molar-refractivity contribution is 0.0939. The molecular weight excluding hydrogens is 166 g/mol. The summed E-state index contributed by atoms with van der Waals surface area (Å²) in [6.45, 7) is 6.14. The Balaban J connectivity index is 1.86. The first-order chi connectivity index (χ1) is 6.27. The summed E-state index contributed by atoms with van der Waals surface area (Å²) in [6, 6.07) is 0.692. The van der Waals surface area contributed by atoms with E-state index < -0.39 is 0 Å². The zero-order chi connectivity index (χ0) is 9.26. The molecule has 2 fully saturated rings. The van der Waals surface area contributed by atoms with Gasteiger partial charge in [-0.2, -0.15) is 0 Å². The highest BCUT2D eigenvalue weighted by Crippen LogP contribution is 2.13. The van der Waals surface area contributed by atoms with Crippen LogP contribution in [0.4, 0.5) is 0 Å². The topological polar surface area (TPSA) is 41.7 Å². The van der Waals surface area contributed by atoms with Crippen LogP contribution in [-0.2, 0) is 4.74 Å². The predicted molar refractivity (Wildman–Crippen MR) is 51.7 cm³/mol. The zero-order valence-corrected chi connectivity index (χ0v) is 8.28. The van der Waals surface area contributed by atoms with Crippen LogP contribution in [0.5, 0.6) is 0 Å². The van der Waals surface area contributed by atoms with Gasteiger partial charge in [-0.05, 0) is 7.05 Å². The van der Waals surface area contributed by atoms with E-state index in [-0.39, 0.29) is 6.04 Å². The van der Waals surface area contributed by atoms with Gasteiger partial charge in [0.05, 0.1) is 19.3 Å². The molecule has 2 aliphatic heterocycles. The molecule has 0 unspecified atom stereocenters. The first-order valence-electron chi connectivity index (χ1n) is 5.03. The van der Waals surface area contributed by atoms with E-state index in [1.165, 1.54) is 0 Å². The summed E-state index contributed by atoms with van der Waals surface area (Å²) in [5.74, 6) is 0. The number of ether oxygens (including phenoxy) is 1. The van der Waals surface area contributed by atoms with Crippen molar-refractivity contribution in [3.63, 3.8) is 0 Å². The fraction of sp³-hybridized carbons (Fsp3) is 1.00. The van der Waals surface area contributed by atoms with Crippen LogP contribution in [0.1, 0.15) is 0 Å². The summed E-state index contributed by atoms with van der Waals surface area (Å²) in [5.41, 5.74) is 5.96. The number of hydrogen-bond donors (Lipinski definition) is 1. The average Bonchev–Trinajstić information content (AvgIpc) is 2.53. The van der Waals surface area contributed by atoms with Crippen molar-refractivity contribution >= 4 is 0 Å². The Hall–Kier alpha value is -0.160. The second kappa shape index (κ2) is 3.92.